The van der Waals surface area contributed by atoms with Crippen LogP contribution >= 0.6 is 0 Å². The number of fused-ring (bicyclic) bond motifs is 1. The Bertz CT molecular complexity index is 870. The lowest BCUT2D eigenvalue weighted by Gasteiger charge is -2.21. The third-order valence-electron chi connectivity index (χ3n) is 5.83. The van der Waals surface area contributed by atoms with Gasteiger partial charge in [-0.05, 0) is 90.5 Å². The number of methoxy groups -OCH3 is 1. The van der Waals surface area contributed by atoms with Crippen molar-refractivity contribution in [2.75, 3.05) is 7.11 Å². The lowest BCUT2D eigenvalue weighted by molar-refractivity contribution is 0.0600. The first-order valence-corrected chi connectivity index (χ1v) is 9.78. The average molecular weight is 363 g/mol. The van der Waals surface area contributed by atoms with Crippen LogP contribution in [0, 0.1) is 12.3 Å². The fourth-order valence-corrected chi connectivity index (χ4v) is 3.93. The number of hydrogen-bond donors (Lipinski definition) is 0. The van der Waals surface area contributed by atoms with Gasteiger partial charge in [0.15, 0.2) is 0 Å². The Morgan fingerprint density at radius 3 is 2.22 bits per heavy atom. The van der Waals surface area contributed by atoms with Crippen molar-refractivity contribution in [2.45, 2.75) is 53.4 Å². The minimum absolute atomic E-state index is 0.299. The third kappa shape index (κ3) is 4.50. The molecule has 142 valence electrons. The van der Waals surface area contributed by atoms with E-state index in [1.54, 1.807) is 0 Å². The van der Waals surface area contributed by atoms with Gasteiger partial charge in [-0.1, -0.05) is 44.2 Å². The van der Waals surface area contributed by atoms with E-state index in [4.69, 9.17) is 4.74 Å². The Hall–Kier alpha value is -2.35. The molecule has 0 amide bonds. The monoisotopic (exact) mass is 362 g/mol. The molecule has 0 aromatic heterocycles. The van der Waals surface area contributed by atoms with Gasteiger partial charge in [0.05, 0.1) is 12.7 Å². The maximum atomic E-state index is 11.6. The van der Waals surface area contributed by atoms with E-state index in [0.717, 1.165) is 12.0 Å². The highest BCUT2D eigenvalue weighted by Gasteiger charge is 2.23. The standard InChI is InChI=1S/C25H30O2/c1-17(14-19-6-8-20(9-7-19)24(26)27-5)23-16-22-11-13-25(3,4)12-10-21(22)15-18(23)2/h6-9,14-16H,10-13H2,1-5H3. The fraction of sp³-hybridized carbons (Fsp3) is 0.400. The van der Waals surface area contributed by atoms with Crippen LogP contribution in [-0.2, 0) is 17.6 Å². The van der Waals surface area contributed by atoms with Gasteiger partial charge in [0, 0.05) is 0 Å². The number of ether oxygens (including phenoxy) is 1. The summed E-state index contributed by atoms with van der Waals surface area (Å²) in [5.74, 6) is -0.299. The van der Waals surface area contributed by atoms with E-state index >= 15 is 0 Å². The Labute approximate surface area is 163 Å². The molecule has 0 unspecified atom stereocenters. The molecule has 2 heteroatoms. The first-order chi connectivity index (χ1) is 12.8. The second-order valence-electron chi connectivity index (χ2n) is 8.54. The van der Waals surface area contributed by atoms with Gasteiger partial charge in [0.2, 0.25) is 0 Å². The smallest absolute Gasteiger partial charge is 0.337 e. The Morgan fingerprint density at radius 1 is 1.04 bits per heavy atom. The molecule has 2 aromatic carbocycles. The van der Waals surface area contributed by atoms with E-state index in [1.807, 2.05) is 24.3 Å². The molecule has 0 bridgehead atoms. The summed E-state index contributed by atoms with van der Waals surface area (Å²) in [4.78, 5) is 11.6. The number of benzene rings is 2. The molecule has 0 spiro atoms. The normalized spacial score (nSPS) is 16.4. The zero-order valence-corrected chi connectivity index (χ0v) is 17.2. The Kier molecular flexibility index (Phi) is 5.55. The van der Waals surface area contributed by atoms with Crippen LogP contribution in [-0.4, -0.2) is 13.1 Å². The number of carbonyl (C=O) groups is 1. The minimum atomic E-state index is -0.299. The molecular formula is C25H30O2. The van der Waals surface area contributed by atoms with E-state index in [1.165, 1.54) is 54.2 Å². The molecular weight excluding hydrogens is 332 g/mol. The maximum Gasteiger partial charge on any atom is 0.337 e. The summed E-state index contributed by atoms with van der Waals surface area (Å²) in [5.41, 5.74) is 9.06. The summed E-state index contributed by atoms with van der Waals surface area (Å²) >= 11 is 0. The van der Waals surface area contributed by atoms with Crippen molar-refractivity contribution in [2.24, 2.45) is 5.41 Å². The van der Waals surface area contributed by atoms with Crippen molar-refractivity contribution < 1.29 is 9.53 Å². The number of allylic oxidation sites excluding steroid dienone is 1. The average Bonchev–Trinajstić information content (AvgIpc) is 2.79. The molecule has 0 atom stereocenters. The number of rotatable bonds is 3. The predicted octanol–water partition coefficient (Wildman–Crippen LogP) is 6.25. The highest BCUT2D eigenvalue weighted by Crippen LogP contribution is 2.35. The predicted molar refractivity (Wildman–Crippen MR) is 113 cm³/mol. The summed E-state index contributed by atoms with van der Waals surface area (Å²) in [6.07, 6.45) is 7.05. The van der Waals surface area contributed by atoms with Crippen LogP contribution in [0.5, 0.6) is 0 Å². The lowest BCUT2D eigenvalue weighted by atomic mass is 9.85. The van der Waals surface area contributed by atoms with Gasteiger partial charge >= 0.3 is 5.97 Å². The number of carbonyl (C=O) groups excluding carboxylic acids is 1. The van der Waals surface area contributed by atoms with Crippen LogP contribution in [0.1, 0.15) is 71.8 Å². The van der Waals surface area contributed by atoms with Gasteiger partial charge in [-0.2, -0.15) is 0 Å². The minimum Gasteiger partial charge on any atom is -0.465 e. The van der Waals surface area contributed by atoms with Crippen LogP contribution < -0.4 is 0 Å². The molecule has 27 heavy (non-hydrogen) atoms. The fourth-order valence-electron chi connectivity index (χ4n) is 3.93. The molecule has 1 aliphatic rings. The highest BCUT2D eigenvalue weighted by atomic mass is 16.5. The molecule has 1 aliphatic carbocycles. The molecule has 0 heterocycles. The van der Waals surface area contributed by atoms with E-state index in [-0.39, 0.29) is 5.97 Å². The summed E-state index contributed by atoms with van der Waals surface area (Å²) in [5, 5.41) is 0. The van der Waals surface area contributed by atoms with Gasteiger partial charge in [0.1, 0.15) is 0 Å². The second kappa shape index (κ2) is 7.72. The first-order valence-electron chi connectivity index (χ1n) is 9.78. The third-order valence-corrected chi connectivity index (χ3v) is 5.83. The van der Waals surface area contributed by atoms with Crippen molar-refractivity contribution >= 4 is 17.6 Å². The molecule has 3 rings (SSSR count). The number of esters is 1. The van der Waals surface area contributed by atoms with Crippen LogP contribution in [0.3, 0.4) is 0 Å². The van der Waals surface area contributed by atoms with Gasteiger partial charge in [-0.25, -0.2) is 4.79 Å². The van der Waals surface area contributed by atoms with Gasteiger partial charge in [-0.3, -0.25) is 0 Å². The molecule has 2 nitrogen and oxygen atoms in total. The summed E-state index contributed by atoms with van der Waals surface area (Å²) in [6, 6.07) is 12.4. The summed E-state index contributed by atoms with van der Waals surface area (Å²) in [7, 11) is 1.41. The van der Waals surface area contributed by atoms with Crippen molar-refractivity contribution in [1.29, 1.82) is 0 Å². The number of hydrogen-bond acceptors (Lipinski definition) is 2. The maximum absolute atomic E-state index is 11.6. The van der Waals surface area contributed by atoms with Crippen molar-refractivity contribution in [3.63, 3.8) is 0 Å². The van der Waals surface area contributed by atoms with E-state index in [9.17, 15) is 4.79 Å². The van der Waals surface area contributed by atoms with E-state index < -0.39 is 0 Å². The van der Waals surface area contributed by atoms with E-state index in [0.29, 0.717) is 11.0 Å². The molecule has 0 radical (unpaired) electrons. The van der Waals surface area contributed by atoms with Gasteiger partial charge < -0.3 is 4.74 Å². The largest absolute Gasteiger partial charge is 0.465 e. The van der Waals surface area contributed by atoms with Crippen molar-refractivity contribution in [3.8, 4) is 0 Å². The molecule has 2 aromatic rings. The van der Waals surface area contributed by atoms with Crippen molar-refractivity contribution in [1.82, 2.24) is 0 Å². The SMILES string of the molecule is COC(=O)c1ccc(C=C(C)c2cc3c(cc2C)CCC(C)(C)CC3)cc1. The summed E-state index contributed by atoms with van der Waals surface area (Å²) < 4.78 is 4.77. The van der Waals surface area contributed by atoms with Gasteiger partial charge in [-0.15, -0.1) is 0 Å². The van der Waals surface area contributed by atoms with Crippen LogP contribution in [0.2, 0.25) is 0 Å². The van der Waals surface area contributed by atoms with Crippen LogP contribution in [0.15, 0.2) is 36.4 Å². The number of aryl methyl sites for hydroxylation is 3. The van der Waals surface area contributed by atoms with Crippen molar-refractivity contribution in [3.05, 3.63) is 69.8 Å². The Balaban J connectivity index is 1.89. The van der Waals surface area contributed by atoms with Crippen LogP contribution in [0.4, 0.5) is 0 Å². The highest BCUT2D eigenvalue weighted by molar-refractivity contribution is 5.90. The topological polar surface area (TPSA) is 26.3 Å². The first kappa shape index (κ1) is 19.4. The van der Waals surface area contributed by atoms with Crippen LogP contribution in [0.25, 0.3) is 11.6 Å². The molecule has 0 aliphatic heterocycles. The Morgan fingerprint density at radius 2 is 1.63 bits per heavy atom. The molecule has 0 N–H and O–H groups in total. The summed E-state index contributed by atoms with van der Waals surface area (Å²) in [6.45, 7) is 9.15. The molecule has 0 saturated heterocycles. The lowest BCUT2D eigenvalue weighted by Crippen LogP contribution is -2.10. The van der Waals surface area contributed by atoms with Gasteiger partial charge in [0.25, 0.3) is 0 Å². The second-order valence-corrected chi connectivity index (χ2v) is 8.54. The molecule has 0 fully saturated rings. The quantitative estimate of drug-likeness (QED) is 0.366. The zero-order chi connectivity index (χ0) is 19.6. The molecule has 0 saturated carbocycles. The van der Waals surface area contributed by atoms with E-state index in [2.05, 4.69) is 45.9 Å². The zero-order valence-electron chi connectivity index (χ0n) is 17.2.